The van der Waals surface area contributed by atoms with Gasteiger partial charge in [0.05, 0.1) is 19.4 Å². The molecule has 186 valence electrons. The lowest BCUT2D eigenvalue weighted by Gasteiger charge is -2.15. The minimum atomic E-state index is -0.658. The molecule has 1 aromatic heterocycles. The second kappa shape index (κ2) is 12.8. The predicted molar refractivity (Wildman–Crippen MR) is 136 cm³/mol. The van der Waals surface area contributed by atoms with Gasteiger partial charge in [0.2, 0.25) is 5.91 Å². The van der Waals surface area contributed by atoms with Gasteiger partial charge < -0.3 is 24.7 Å². The molecule has 0 spiro atoms. The number of carbonyl (C=O) groups is 2. The van der Waals surface area contributed by atoms with E-state index in [2.05, 4.69) is 27.8 Å². The minimum absolute atomic E-state index is 0.165. The monoisotopic (exact) mass is 497 g/mol. The van der Waals surface area contributed by atoms with Crippen molar-refractivity contribution in [2.45, 2.75) is 51.5 Å². The number of aromatic nitrogens is 3. The zero-order valence-corrected chi connectivity index (χ0v) is 21.2. The quantitative estimate of drug-likeness (QED) is 0.368. The van der Waals surface area contributed by atoms with Gasteiger partial charge in [-0.05, 0) is 50.1 Å². The maximum absolute atomic E-state index is 12.5. The molecule has 9 nitrogen and oxygen atoms in total. The Balaban J connectivity index is 1.50. The van der Waals surface area contributed by atoms with E-state index in [0.29, 0.717) is 34.7 Å². The van der Waals surface area contributed by atoms with Crippen LogP contribution >= 0.6 is 11.8 Å². The molecule has 0 aliphatic rings. The van der Waals surface area contributed by atoms with Gasteiger partial charge in [0.15, 0.2) is 17.1 Å². The largest absolute Gasteiger partial charge is 0.497 e. The number of benzene rings is 2. The predicted octanol–water partition coefficient (Wildman–Crippen LogP) is 3.68. The number of methoxy groups -OCH3 is 1. The highest BCUT2D eigenvalue weighted by Crippen LogP contribution is 2.20. The Kier molecular flexibility index (Phi) is 9.54. The van der Waals surface area contributed by atoms with Crippen LogP contribution < -0.4 is 20.1 Å². The van der Waals surface area contributed by atoms with Crippen LogP contribution in [0.5, 0.6) is 11.5 Å². The maximum Gasteiger partial charge on any atom is 0.261 e. The van der Waals surface area contributed by atoms with Crippen LogP contribution in [0.1, 0.15) is 32.2 Å². The van der Waals surface area contributed by atoms with Crippen LogP contribution in [0.15, 0.2) is 53.7 Å². The molecule has 2 N–H and O–H groups in total. The number of ether oxygens (including phenoxy) is 2. The Labute approximate surface area is 209 Å². The third kappa shape index (κ3) is 7.48. The Morgan fingerprint density at radius 1 is 1.09 bits per heavy atom. The highest BCUT2D eigenvalue weighted by Gasteiger charge is 2.18. The fourth-order valence-corrected chi connectivity index (χ4v) is 4.09. The normalized spacial score (nSPS) is 11.5. The van der Waals surface area contributed by atoms with Gasteiger partial charge in [0.1, 0.15) is 11.5 Å². The number of anilines is 1. The Bertz CT molecular complexity index is 1130. The zero-order chi connectivity index (χ0) is 25.2. The number of hydrogen-bond donors (Lipinski definition) is 2. The summed E-state index contributed by atoms with van der Waals surface area (Å²) in [5.41, 5.74) is 1.87. The first-order valence-electron chi connectivity index (χ1n) is 11.5. The van der Waals surface area contributed by atoms with Crippen molar-refractivity contribution in [2.24, 2.45) is 0 Å². The molecule has 2 amide bonds. The molecule has 1 heterocycles. The van der Waals surface area contributed by atoms with E-state index in [-0.39, 0.29) is 24.1 Å². The van der Waals surface area contributed by atoms with Crippen molar-refractivity contribution >= 4 is 29.3 Å². The molecule has 35 heavy (non-hydrogen) atoms. The number of aryl methyl sites for hydroxylation is 1. The molecule has 0 saturated heterocycles. The van der Waals surface area contributed by atoms with E-state index in [9.17, 15) is 9.59 Å². The number of carbonyl (C=O) groups excluding carboxylic acids is 2. The molecule has 0 aliphatic heterocycles. The number of nitrogens with zero attached hydrogens (tertiary/aromatic N) is 3. The number of hydrogen-bond acceptors (Lipinski definition) is 7. The van der Waals surface area contributed by atoms with Crippen LogP contribution in [0.25, 0.3) is 0 Å². The second-order valence-electron chi connectivity index (χ2n) is 7.69. The van der Waals surface area contributed by atoms with Crippen LogP contribution in [-0.2, 0) is 29.1 Å². The van der Waals surface area contributed by atoms with Crippen molar-refractivity contribution in [3.05, 3.63) is 59.9 Å². The summed E-state index contributed by atoms with van der Waals surface area (Å²) in [5, 5.41) is 14.7. The second-order valence-corrected chi connectivity index (χ2v) is 8.63. The lowest BCUT2D eigenvalue weighted by Crippen LogP contribution is -2.36. The van der Waals surface area contributed by atoms with Crippen molar-refractivity contribution < 1.29 is 19.1 Å². The highest BCUT2D eigenvalue weighted by atomic mass is 32.2. The van der Waals surface area contributed by atoms with Crippen LogP contribution in [0.4, 0.5) is 5.69 Å². The topological polar surface area (TPSA) is 107 Å². The van der Waals surface area contributed by atoms with Gasteiger partial charge in [-0.1, -0.05) is 36.9 Å². The molecule has 2 aromatic carbocycles. The van der Waals surface area contributed by atoms with Gasteiger partial charge in [-0.3, -0.25) is 9.59 Å². The van der Waals surface area contributed by atoms with Crippen molar-refractivity contribution in [2.75, 3.05) is 18.2 Å². The summed E-state index contributed by atoms with van der Waals surface area (Å²) < 4.78 is 12.8. The molecule has 1 atom stereocenters. The van der Waals surface area contributed by atoms with Gasteiger partial charge in [-0.25, -0.2) is 0 Å². The zero-order valence-electron chi connectivity index (χ0n) is 20.4. The van der Waals surface area contributed by atoms with Crippen molar-refractivity contribution in [3.8, 4) is 11.5 Å². The summed E-state index contributed by atoms with van der Waals surface area (Å²) in [6.07, 6.45) is 0.288. The summed E-state index contributed by atoms with van der Waals surface area (Å²) in [4.78, 5) is 24.9. The number of rotatable bonds is 12. The SMILES string of the molecule is CCc1ccc(O[C@@H](C)C(=O)NCc2nnc(SCC(=O)Nc3cccc(OC)c3)n2CC)cc1. The van der Waals surface area contributed by atoms with Crippen molar-refractivity contribution in [3.63, 3.8) is 0 Å². The summed E-state index contributed by atoms with van der Waals surface area (Å²) in [7, 11) is 1.58. The fourth-order valence-electron chi connectivity index (χ4n) is 3.27. The van der Waals surface area contributed by atoms with Crippen LogP contribution in [-0.4, -0.2) is 45.5 Å². The molecule has 0 unspecified atom stereocenters. The molecular formula is C25H31N5O4S. The minimum Gasteiger partial charge on any atom is -0.497 e. The van der Waals surface area contributed by atoms with Gasteiger partial charge in [-0.2, -0.15) is 0 Å². The number of thioether (sulfide) groups is 1. The average molecular weight is 498 g/mol. The first kappa shape index (κ1) is 26.1. The third-order valence-corrected chi connectivity index (χ3v) is 6.20. The molecule has 0 radical (unpaired) electrons. The van der Waals surface area contributed by atoms with E-state index in [1.54, 1.807) is 26.2 Å². The van der Waals surface area contributed by atoms with Crippen LogP contribution in [0.2, 0.25) is 0 Å². The van der Waals surface area contributed by atoms with Gasteiger partial charge in [-0.15, -0.1) is 10.2 Å². The maximum atomic E-state index is 12.5. The van der Waals surface area contributed by atoms with Crippen LogP contribution in [0.3, 0.4) is 0 Å². The Morgan fingerprint density at radius 3 is 2.54 bits per heavy atom. The standard InChI is InChI=1S/C25H31N5O4S/c1-5-18-10-12-20(13-11-18)34-17(3)24(32)26-15-22-28-29-25(30(22)6-2)35-16-23(31)27-19-8-7-9-21(14-19)33-4/h7-14,17H,5-6,15-16H2,1-4H3,(H,26,32)(H,27,31)/t17-/m0/s1. The van der Waals surface area contributed by atoms with E-state index in [4.69, 9.17) is 9.47 Å². The van der Waals surface area contributed by atoms with Crippen molar-refractivity contribution in [1.29, 1.82) is 0 Å². The lowest BCUT2D eigenvalue weighted by molar-refractivity contribution is -0.127. The van der Waals surface area contributed by atoms with E-state index < -0.39 is 6.10 Å². The summed E-state index contributed by atoms with van der Waals surface area (Å²) in [5.74, 6) is 1.68. The Morgan fingerprint density at radius 2 is 1.86 bits per heavy atom. The smallest absolute Gasteiger partial charge is 0.261 e. The van der Waals surface area contributed by atoms with Gasteiger partial charge >= 0.3 is 0 Å². The van der Waals surface area contributed by atoms with E-state index in [1.807, 2.05) is 47.9 Å². The third-order valence-electron chi connectivity index (χ3n) is 5.23. The number of nitrogens with one attached hydrogen (secondary N) is 2. The number of amides is 2. The van der Waals surface area contributed by atoms with Gasteiger partial charge in [0, 0.05) is 18.3 Å². The summed E-state index contributed by atoms with van der Waals surface area (Å²) in [6.45, 7) is 6.56. The first-order chi connectivity index (χ1) is 16.9. The van der Waals surface area contributed by atoms with E-state index in [1.165, 1.54) is 17.3 Å². The fraction of sp³-hybridized carbons (Fsp3) is 0.360. The molecule has 0 fully saturated rings. The van der Waals surface area contributed by atoms with Gasteiger partial charge in [0.25, 0.3) is 5.91 Å². The van der Waals surface area contributed by atoms with Crippen molar-refractivity contribution in [1.82, 2.24) is 20.1 Å². The molecule has 10 heteroatoms. The molecular weight excluding hydrogens is 466 g/mol. The molecule has 3 rings (SSSR count). The highest BCUT2D eigenvalue weighted by molar-refractivity contribution is 7.99. The summed E-state index contributed by atoms with van der Waals surface area (Å²) >= 11 is 1.28. The average Bonchev–Trinajstić information content (AvgIpc) is 3.28. The van der Waals surface area contributed by atoms with Crippen LogP contribution in [0, 0.1) is 0 Å². The summed E-state index contributed by atoms with van der Waals surface area (Å²) in [6, 6.07) is 14.9. The lowest BCUT2D eigenvalue weighted by atomic mass is 10.2. The molecule has 0 aliphatic carbocycles. The molecule has 0 saturated carbocycles. The van der Waals surface area contributed by atoms with E-state index >= 15 is 0 Å². The molecule has 3 aromatic rings. The first-order valence-corrected chi connectivity index (χ1v) is 12.4. The van der Waals surface area contributed by atoms with E-state index in [0.717, 1.165) is 6.42 Å². The molecule has 0 bridgehead atoms. The Hall–Kier alpha value is -3.53.